The minimum absolute atomic E-state index is 0.0858. The molecule has 116 valence electrons. The molecule has 0 saturated carbocycles. The number of thioether (sulfide) groups is 2. The molecule has 0 bridgehead atoms. The van der Waals surface area contributed by atoms with Gasteiger partial charge in [0, 0.05) is 5.56 Å². The number of aromatic nitrogens is 2. The molecule has 0 amide bonds. The number of hydrogen-bond donors (Lipinski definition) is 0. The van der Waals surface area contributed by atoms with Crippen molar-refractivity contribution in [2.24, 2.45) is 0 Å². The first-order chi connectivity index (χ1) is 11.3. The fourth-order valence-electron chi connectivity index (χ4n) is 2.08. The Morgan fingerprint density at radius 3 is 2.30 bits per heavy atom. The monoisotopic (exact) mass is 358 g/mol. The molecule has 0 spiro atoms. The number of nitrogens with zero attached hydrogens (tertiary/aromatic N) is 2. The molecule has 3 rings (SSSR count). The van der Waals surface area contributed by atoms with Crippen molar-refractivity contribution >= 4 is 40.8 Å². The van der Waals surface area contributed by atoms with Crippen LogP contribution < -0.4 is 0 Å². The van der Waals surface area contributed by atoms with Gasteiger partial charge in [0.2, 0.25) is 5.16 Å². The van der Waals surface area contributed by atoms with Crippen LogP contribution in [0.5, 0.6) is 0 Å². The molecular formula is C17H14N2OS3. The molecule has 0 saturated heterocycles. The van der Waals surface area contributed by atoms with Crippen LogP contribution in [-0.2, 0) is 0 Å². The van der Waals surface area contributed by atoms with Crippen molar-refractivity contribution in [2.45, 2.75) is 14.7 Å². The summed E-state index contributed by atoms with van der Waals surface area (Å²) in [7, 11) is 0. The van der Waals surface area contributed by atoms with Gasteiger partial charge in [-0.3, -0.25) is 4.79 Å². The van der Waals surface area contributed by atoms with Crippen molar-refractivity contribution < 1.29 is 4.79 Å². The molecule has 0 N–H and O–H groups in total. The molecule has 3 nitrogen and oxygen atoms in total. The molecule has 0 aliphatic heterocycles. The van der Waals surface area contributed by atoms with Gasteiger partial charge in [0.15, 0.2) is 10.1 Å². The van der Waals surface area contributed by atoms with Gasteiger partial charge >= 0.3 is 0 Å². The first kappa shape index (κ1) is 16.2. The average molecular weight is 359 g/mol. The highest BCUT2D eigenvalue weighted by Gasteiger charge is 2.24. The summed E-state index contributed by atoms with van der Waals surface area (Å²) in [6, 6.07) is 19.2. The molecule has 2 aromatic carbocycles. The third-order valence-corrected chi connectivity index (χ3v) is 5.89. The summed E-state index contributed by atoms with van der Waals surface area (Å²) in [5, 5.41) is 0.428. The Labute approximate surface area is 147 Å². The third-order valence-electron chi connectivity index (χ3n) is 3.19. The van der Waals surface area contributed by atoms with Crippen molar-refractivity contribution in [3.05, 3.63) is 71.8 Å². The van der Waals surface area contributed by atoms with E-state index in [9.17, 15) is 4.79 Å². The van der Waals surface area contributed by atoms with E-state index in [4.69, 9.17) is 0 Å². The number of benzene rings is 2. The fraction of sp³-hybridized carbons (Fsp3) is 0.118. The Morgan fingerprint density at radius 1 is 1.04 bits per heavy atom. The van der Waals surface area contributed by atoms with E-state index < -0.39 is 0 Å². The van der Waals surface area contributed by atoms with Crippen molar-refractivity contribution in [1.82, 2.24) is 9.36 Å². The van der Waals surface area contributed by atoms with Crippen LogP contribution in [-0.4, -0.2) is 21.4 Å². The van der Waals surface area contributed by atoms with E-state index in [2.05, 4.69) is 9.36 Å². The van der Waals surface area contributed by atoms with Crippen molar-refractivity contribution in [1.29, 1.82) is 0 Å². The Kier molecular flexibility index (Phi) is 5.48. The van der Waals surface area contributed by atoms with Crippen LogP contribution in [0.25, 0.3) is 0 Å². The van der Waals surface area contributed by atoms with E-state index in [0.717, 1.165) is 15.1 Å². The van der Waals surface area contributed by atoms with Gasteiger partial charge < -0.3 is 0 Å². The topological polar surface area (TPSA) is 42.9 Å². The third kappa shape index (κ3) is 4.02. The lowest BCUT2D eigenvalue weighted by Crippen LogP contribution is -2.09. The quantitative estimate of drug-likeness (QED) is 0.459. The van der Waals surface area contributed by atoms with Crippen molar-refractivity contribution in [3.8, 4) is 0 Å². The van der Waals surface area contributed by atoms with Crippen molar-refractivity contribution in [2.75, 3.05) is 6.26 Å². The number of ketones is 1. The second-order valence-electron chi connectivity index (χ2n) is 4.69. The lowest BCUT2D eigenvalue weighted by molar-refractivity contribution is 0.0989. The summed E-state index contributed by atoms with van der Waals surface area (Å²) >= 11 is 4.31. The van der Waals surface area contributed by atoms with Gasteiger partial charge in [0.1, 0.15) is 0 Å². The molecule has 1 heterocycles. The zero-order valence-electron chi connectivity index (χ0n) is 12.4. The molecule has 0 fully saturated rings. The second-order valence-corrected chi connectivity index (χ2v) is 7.56. The number of carbonyl (C=O) groups excluding carboxylic acids is 1. The Hall–Kier alpha value is -1.63. The van der Waals surface area contributed by atoms with Gasteiger partial charge in [0.25, 0.3) is 0 Å². The van der Waals surface area contributed by atoms with E-state index >= 15 is 0 Å². The molecule has 0 unspecified atom stereocenters. The highest BCUT2D eigenvalue weighted by Crippen LogP contribution is 2.39. The lowest BCUT2D eigenvalue weighted by atomic mass is 10.0. The maximum absolute atomic E-state index is 13.0. The molecule has 1 atom stereocenters. The smallest absolute Gasteiger partial charge is 0.200 e. The molecule has 0 aliphatic rings. The normalized spacial score (nSPS) is 12.0. The SMILES string of the molecule is CSc1nsc(S[C@@H](C(=O)c2ccccc2)c2ccccc2)n1. The molecule has 0 radical (unpaired) electrons. The lowest BCUT2D eigenvalue weighted by Gasteiger charge is -2.14. The predicted molar refractivity (Wildman–Crippen MR) is 97.5 cm³/mol. The predicted octanol–water partition coefficient (Wildman–Crippen LogP) is 4.98. The summed E-state index contributed by atoms with van der Waals surface area (Å²) in [6.45, 7) is 0. The first-order valence-electron chi connectivity index (χ1n) is 6.96. The number of Topliss-reactive ketones (excluding diaryl/α,β-unsaturated/α-hetero) is 1. The zero-order valence-corrected chi connectivity index (χ0v) is 14.8. The highest BCUT2D eigenvalue weighted by molar-refractivity contribution is 8.02. The van der Waals surface area contributed by atoms with E-state index in [1.165, 1.54) is 35.1 Å². The largest absolute Gasteiger partial charge is 0.293 e. The van der Waals surface area contributed by atoms with Gasteiger partial charge in [-0.25, -0.2) is 4.98 Å². The summed E-state index contributed by atoms with van der Waals surface area (Å²) in [4.78, 5) is 17.4. The van der Waals surface area contributed by atoms with Crippen LogP contribution in [0.3, 0.4) is 0 Å². The Bertz CT molecular complexity index is 775. The van der Waals surface area contributed by atoms with Gasteiger partial charge in [-0.2, -0.15) is 4.37 Å². The van der Waals surface area contributed by atoms with E-state index in [0.29, 0.717) is 5.56 Å². The summed E-state index contributed by atoms with van der Waals surface area (Å²) in [5.74, 6) is 0.0858. The first-order valence-corrected chi connectivity index (χ1v) is 9.84. The van der Waals surface area contributed by atoms with Gasteiger partial charge in [0.05, 0.1) is 5.25 Å². The minimum atomic E-state index is -0.318. The second kappa shape index (κ2) is 7.77. The molecule has 23 heavy (non-hydrogen) atoms. The van der Waals surface area contributed by atoms with E-state index in [1.807, 2.05) is 66.9 Å². The highest BCUT2D eigenvalue weighted by atomic mass is 32.2. The van der Waals surface area contributed by atoms with Crippen LogP contribution in [0.1, 0.15) is 21.2 Å². The van der Waals surface area contributed by atoms with Crippen LogP contribution in [0, 0.1) is 0 Å². The fourth-order valence-corrected chi connectivity index (χ4v) is 4.57. The van der Waals surface area contributed by atoms with E-state index in [1.54, 1.807) is 0 Å². The molecule has 6 heteroatoms. The average Bonchev–Trinajstić information content (AvgIpc) is 3.08. The summed E-state index contributed by atoms with van der Waals surface area (Å²) < 4.78 is 5.09. The van der Waals surface area contributed by atoms with E-state index in [-0.39, 0.29) is 11.0 Å². The Morgan fingerprint density at radius 2 is 1.70 bits per heavy atom. The maximum Gasteiger partial charge on any atom is 0.200 e. The summed E-state index contributed by atoms with van der Waals surface area (Å²) in [6.07, 6.45) is 1.94. The Balaban J connectivity index is 1.92. The standard InChI is InChI=1S/C17H14N2OS3/c1-21-16-18-17(23-19-16)22-15(13-10-6-3-7-11-13)14(20)12-8-4-2-5-9-12/h2-11,15H,1H3/t15-/m1/s1. The van der Waals surface area contributed by atoms with Crippen LogP contribution in [0.15, 0.2) is 70.2 Å². The van der Waals surface area contributed by atoms with Gasteiger partial charge in [-0.05, 0) is 23.4 Å². The van der Waals surface area contributed by atoms with Gasteiger partial charge in [-0.1, -0.05) is 84.2 Å². The number of carbonyl (C=O) groups is 1. The van der Waals surface area contributed by atoms with Crippen LogP contribution in [0.4, 0.5) is 0 Å². The van der Waals surface area contributed by atoms with Gasteiger partial charge in [-0.15, -0.1) is 0 Å². The molecule has 3 aromatic rings. The minimum Gasteiger partial charge on any atom is -0.293 e. The zero-order chi connectivity index (χ0) is 16.1. The number of hydrogen-bond acceptors (Lipinski definition) is 6. The van der Waals surface area contributed by atoms with Crippen LogP contribution >= 0.6 is 35.1 Å². The number of rotatable bonds is 6. The van der Waals surface area contributed by atoms with Crippen LogP contribution in [0.2, 0.25) is 0 Å². The molecule has 0 aliphatic carbocycles. The maximum atomic E-state index is 13.0. The molecular weight excluding hydrogens is 344 g/mol. The molecule has 1 aromatic heterocycles. The summed E-state index contributed by atoms with van der Waals surface area (Å²) in [5.41, 5.74) is 1.69. The van der Waals surface area contributed by atoms with Crippen molar-refractivity contribution in [3.63, 3.8) is 0 Å².